The second-order valence-electron chi connectivity index (χ2n) is 16.5. The molecule has 0 unspecified atom stereocenters. The van der Waals surface area contributed by atoms with Crippen LogP contribution in [0.1, 0.15) is 26.3 Å². The molecule has 4 nitrogen and oxygen atoms in total. The van der Waals surface area contributed by atoms with Crippen LogP contribution >= 0.6 is 22.7 Å². The first-order chi connectivity index (χ1) is 29.4. The Labute approximate surface area is 358 Å². The number of nitrogens with zero attached hydrogens (tertiary/aromatic N) is 3. The van der Waals surface area contributed by atoms with Gasteiger partial charge in [-0.2, -0.15) is 0 Å². The van der Waals surface area contributed by atoms with Crippen molar-refractivity contribution in [2.24, 2.45) is 0 Å². The summed E-state index contributed by atoms with van der Waals surface area (Å²) in [6.07, 6.45) is 1.96. The fourth-order valence-electron chi connectivity index (χ4n) is 8.68. The maximum atomic E-state index is 6.83. The Morgan fingerprint density at radius 2 is 1.27 bits per heavy atom. The van der Waals surface area contributed by atoms with E-state index in [9.17, 15) is 0 Å². The van der Waals surface area contributed by atoms with E-state index >= 15 is 0 Å². The Morgan fingerprint density at radius 3 is 2.00 bits per heavy atom. The molecule has 6 heteroatoms. The van der Waals surface area contributed by atoms with E-state index in [2.05, 4.69) is 206 Å². The van der Waals surface area contributed by atoms with Crippen LogP contribution in [0.25, 0.3) is 64.5 Å². The maximum Gasteiger partial charge on any atom is 0.182 e. The van der Waals surface area contributed by atoms with Gasteiger partial charge in [0.05, 0.1) is 22.8 Å². The van der Waals surface area contributed by atoms with E-state index in [1.807, 2.05) is 6.20 Å². The van der Waals surface area contributed by atoms with Crippen molar-refractivity contribution in [1.29, 1.82) is 0 Å². The number of hydrogen-bond donors (Lipinski definition) is 0. The summed E-state index contributed by atoms with van der Waals surface area (Å²) in [5.41, 5.74) is 12.7. The lowest BCUT2D eigenvalue weighted by molar-refractivity contribution is 0.497. The molecule has 0 amide bonds. The normalized spacial score (nSPS) is 12.8. The summed E-state index contributed by atoms with van der Waals surface area (Å²) in [5, 5.41) is 7.86. The molecule has 11 rings (SSSR count). The minimum Gasteiger partial charge on any atom is -0.447 e. The van der Waals surface area contributed by atoms with Crippen molar-refractivity contribution >= 4 is 76.4 Å². The Morgan fingerprint density at radius 1 is 0.583 bits per heavy atom. The molecule has 3 aromatic heterocycles. The van der Waals surface area contributed by atoms with Gasteiger partial charge in [0.15, 0.2) is 5.06 Å². The number of ether oxygens (including phenoxy) is 1. The lowest BCUT2D eigenvalue weighted by Gasteiger charge is -2.27. The van der Waals surface area contributed by atoms with Crippen molar-refractivity contribution in [2.45, 2.75) is 26.2 Å². The Kier molecular flexibility index (Phi) is 8.80. The van der Waals surface area contributed by atoms with Crippen LogP contribution in [-0.2, 0) is 5.41 Å². The summed E-state index contributed by atoms with van der Waals surface area (Å²) in [5.74, 6) is 0.795. The summed E-state index contributed by atoms with van der Waals surface area (Å²) < 4.78 is 9.30. The van der Waals surface area contributed by atoms with Crippen molar-refractivity contribution in [2.75, 3.05) is 16.5 Å². The molecular weight excluding hydrogens is 771 g/mol. The molecule has 7 aromatic carbocycles. The van der Waals surface area contributed by atoms with Crippen LogP contribution in [0.5, 0.6) is 10.8 Å². The monoisotopic (exact) mass is 811 g/mol. The Hall–Kier alpha value is -6.73. The van der Waals surface area contributed by atoms with E-state index in [-0.39, 0.29) is 5.41 Å². The van der Waals surface area contributed by atoms with Crippen LogP contribution in [0.2, 0.25) is 0 Å². The lowest BCUT2D eigenvalue weighted by atomic mass is 9.86. The van der Waals surface area contributed by atoms with Gasteiger partial charge in [0.2, 0.25) is 0 Å². The Bertz CT molecular complexity index is 3160. The van der Waals surface area contributed by atoms with Gasteiger partial charge in [-0.15, -0.1) is 11.3 Å². The van der Waals surface area contributed by atoms with Crippen molar-refractivity contribution in [3.8, 4) is 44.3 Å². The average molecular weight is 812 g/mol. The number of para-hydroxylation sites is 3. The van der Waals surface area contributed by atoms with Crippen LogP contribution in [0, 0.1) is 0 Å². The molecule has 0 bridgehead atoms. The van der Waals surface area contributed by atoms with E-state index in [1.54, 1.807) is 22.7 Å². The van der Waals surface area contributed by atoms with Gasteiger partial charge in [-0.1, -0.05) is 129 Å². The number of anilines is 4. The van der Waals surface area contributed by atoms with Crippen LogP contribution in [0.15, 0.2) is 181 Å². The number of thiophene rings is 2. The zero-order chi connectivity index (χ0) is 40.4. The van der Waals surface area contributed by atoms with Gasteiger partial charge in [0.25, 0.3) is 0 Å². The van der Waals surface area contributed by atoms with Crippen LogP contribution in [-0.4, -0.2) is 11.7 Å². The molecule has 0 spiro atoms. The molecule has 0 saturated carbocycles. The molecule has 10 aromatic rings. The second-order valence-corrected chi connectivity index (χ2v) is 18.5. The van der Waals surface area contributed by atoms with Gasteiger partial charge in [-0.3, -0.25) is 4.98 Å². The summed E-state index contributed by atoms with van der Waals surface area (Å²) in [7, 11) is 0. The second kappa shape index (κ2) is 14.5. The highest BCUT2D eigenvalue weighted by atomic mass is 32.1. The molecule has 4 heterocycles. The third kappa shape index (κ3) is 6.40. The van der Waals surface area contributed by atoms with Gasteiger partial charge in [-0.05, 0) is 104 Å². The van der Waals surface area contributed by atoms with Gasteiger partial charge in [0, 0.05) is 55.5 Å². The van der Waals surface area contributed by atoms with E-state index in [4.69, 9.17) is 9.72 Å². The number of fused-ring (bicyclic) bond motifs is 4. The fourth-order valence-corrected chi connectivity index (χ4v) is 10.5. The van der Waals surface area contributed by atoms with Gasteiger partial charge in [-0.25, -0.2) is 0 Å². The van der Waals surface area contributed by atoms with Crippen molar-refractivity contribution in [1.82, 2.24) is 4.98 Å². The third-order valence-corrected chi connectivity index (χ3v) is 13.5. The predicted molar refractivity (Wildman–Crippen MR) is 256 cm³/mol. The van der Waals surface area contributed by atoms with E-state index in [1.165, 1.54) is 59.1 Å². The minimum absolute atomic E-state index is 0.00169. The van der Waals surface area contributed by atoms with Gasteiger partial charge >= 0.3 is 0 Å². The van der Waals surface area contributed by atoms with Crippen molar-refractivity contribution in [3.63, 3.8) is 0 Å². The zero-order valence-electron chi connectivity index (χ0n) is 33.6. The molecule has 290 valence electrons. The van der Waals surface area contributed by atoms with Gasteiger partial charge < -0.3 is 14.5 Å². The Balaban J connectivity index is 0.988. The number of rotatable bonds is 7. The first-order valence-corrected chi connectivity index (χ1v) is 22.1. The molecule has 1 aliphatic rings. The number of pyridine rings is 1. The quantitative estimate of drug-likeness (QED) is 0.160. The number of benzene rings is 7. The van der Waals surface area contributed by atoms with Crippen molar-refractivity contribution in [3.05, 3.63) is 187 Å². The molecule has 0 aliphatic carbocycles. The van der Waals surface area contributed by atoms with Crippen LogP contribution in [0.4, 0.5) is 22.7 Å². The highest BCUT2D eigenvalue weighted by Crippen LogP contribution is 2.51. The molecule has 1 aliphatic heterocycles. The average Bonchev–Trinajstić information content (AvgIpc) is 4.02. The number of aromatic nitrogens is 1. The SMILES string of the molecule is CC(C)(C)c1ccnc(-c2c3cc4ccsc4cc3cc3sc(Oc4cccc(N5CN(c6c(-c7ccccc7)cccc6-c6ccccc6)c6ccccc65)c4)cc23)c1. The van der Waals surface area contributed by atoms with Crippen LogP contribution in [0.3, 0.4) is 0 Å². The first-order valence-electron chi connectivity index (χ1n) is 20.4. The summed E-state index contributed by atoms with van der Waals surface area (Å²) in [6.45, 7) is 7.42. The third-order valence-electron chi connectivity index (χ3n) is 11.6. The van der Waals surface area contributed by atoms with Crippen molar-refractivity contribution < 1.29 is 4.74 Å². The topological polar surface area (TPSA) is 28.6 Å². The van der Waals surface area contributed by atoms with Crippen LogP contribution < -0.4 is 14.5 Å². The molecule has 0 N–H and O–H groups in total. The zero-order valence-corrected chi connectivity index (χ0v) is 35.2. The standard InChI is InChI=1S/C54H41N3OS2/c1-54(2,3)39-24-26-55-46(31-39)52-44-28-37-25-27-59-49(37)29-38(44)30-50-45(52)33-51(60-50)58-41-19-12-18-40(32-41)56-34-57(48-23-11-10-22-47(48)56)53-42(35-14-6-4-7-15-35)20-13-21-43(53)36-16-8-5-9-17-36/h4-33H,34H2,1-3H3. The lowest BCUT2D eigenvalue weighted by Crippen LogP contribution is -2.24. The minimum atomic E-state index is -0.00169. The predicted octanol–water partition coefficient (Wildman–Crippen LogP) is 16.0. The maximum absolute atomic E-state index is 6.83. The molecule has 0 radical (unpaired) electrons. The molecule has 0 fully saturated rings. The van der Waals surface area contributed by atoms with E-state index in [0.29, 0.717) is 6.67 Å². The largest absolute Gasteiger partial charge is 0.447 e. The molecule has 0 saturated heterocycles. The van der Waals surface area contributed by atoms with Gasteiger partial charge in [0.1, 0.15) is 12.4 Å². The summed E-state index contributed by atoms with van der Waals surface area (Å²) in [4.78, 5) is 9.86. The summed E-state index contributed by atoms with van der Waals surface area (Å²) in [6, 6.07) is 61.2. The first kappa shape index (κ1) is 36.4. The number of hydrogen-bond acceptors (Lipinski definition) is 6. The molecule has 60 heavy (non-hydrogen) atoms. The smallest absolute Gasteiger partial charge is 0.182 e. The molecular formula is C54H41N3OS2. The highest BCUT2D eigenvalue weighted by Gasteiger charge is 2.31. The fraction of sp³-hybridized carbons (Fsp3) is 0.0926. The van der Waals surface area contributed by atoms with E-state index < -0.39 is 0 Å². The molecule has 0 atom stereocenters. The summed E-state index contributed by atoms with van der Waals surface area (Å²) >= 11 is 3.47. The van der Waals surface area contributed by atoms with E-state index in [0.717, 1.165) is 44.5 Å². The highest BCUT2D eigenvalue weighted by molar-refractivity contribution is 7.21.